The van der Waals surface area contributed by atoms with E-state index in [0.717, 1.165) is 27.8 Å². The second-order valence-corrected chi connectivity index (χ2v) is 5.41. The van der Waals surface area contributed by atoms with Crippen molar-refractivity contribution >= 4 is 17.4 Å². The Balaban J connectivity index is 1.71. The molecule has 0 spiro atoms. The molecule has 21 heavy (non-hydrogen) atoms. The normalized spacial score (nSPS) is 15.8. The van der Waals surface area contributed by atoms with E-state index in [4.69, 9.17) is 0 Å². The van der Waals surface area contributed by atoms with Crippen molar-refractivity contribution in [1.82, 2.24) is 0 Å². The first-order valence-electron chi connectivity index (χ1n) is 7.14. The summed E-state index contributed by atoms with van der Waals surface area (Å²) in [5.41, 5.74) is 6.24. The summed E-state index contributed by atoms with van der Waals surface area (Å²) in [4.78, 5) is 12.7. The second-order valence-electron chi connectivity index (χ2n) is 5.41. The topological polar surface area (TPSA) is 17.1 Å². The van der Waals surface area contributed by atoms with Crippen LogP contribution in [0, 0.1) is 0 Å². The maximum Gasteiger partial charge on any atom is 0.189 e. The third-order valence-electron chi connectivity index (χ3n) is 4.07. The summed E-state index contributed by atoms with van der Waals surface area (Å²) in [7, 11) is 0. The molecule has 2 aromatic carbocycles. The number of carbonyl (C=O) groups excluding carboxylic acids is 1. The molecule has 2 aliphatic rings. The number of ketones is 1. The molecule has 0 unspecified atom stereocenters. The molecule has 0 atom stereocenters. The smallest absolute Gasteiger partial charge is 0.189 e. The number of carbonyl (C=O) groups is 1. The highest BCUT2D eigenvalue weighted by molar-refractivity contribution is 6.25. The highest BCUT2D eigenvalue weighted by atomic mass is 16.1. The number of hydrogen-bond donors (Lipinski definition) is 0. The Kier molecular flexibility index (Phi) is 2.71. The van der Waals surface area contributed by atoms with Gasteiger partial charge >= 0.3 is 0 Å². The Labute approximate surface area is 123 Å². The number of hydrogen-bond acceptors (Lipinski definition) is 1. The maximum atomic E-state index is 12.7. The fraction of sp³-hybridized carbons (Fsp3) is 0.0500. The molecule has 0 aliphatic heterocycles. The Morgan fingerprint density at radius 3 is 2.38 bits per heavy atom. The van der Waals surface area contributed by atoms with Crippen LogP contribution in [0.25, 0.3) is 11.6 Å². The predicted molar refractivity (Wildman–Crippen MR) is 85.6 cm³/mol. The number of Topliss-reactive ketones (excluding diaryl/α,β-unsaturated/α-hetero) is 1. The van der Waals surface area contributed by atoms with Crippen LogP contribution in [-0.2, 0) is 11.2 Å². The molecule has 0 N–H and O–H groups in total. The van der Waals surface area contributed by atoms with E-state index in [9.17, 15) is 4.79 Å². The molecule has 2 aliphatic carbocycles. The first-order valence-corrected chi connectivity index (χ1v) is 7.14. The minimum atomic E-state index is 0.160. The molecule has 0 aromatic heterocycles. The molecule has 0 heterocycles. The van der Waals surface area contributed by atoms with Crippen LogP contribution in [0.15, 0.2) is 77.9 Å². The van der Waals surface area contributed by atoms with E-state index >= 15 is 0 Å². The summed E-state index contributed by atoms with van der Waals surface area (Å²) in [6.07, 6.45) is 6.76. The van der Waals surface area contributed by atoms with Crippen LogP contribution < -0.4 is 0 Å². The highest BCUT2D eigenvalue weighted by Crippen LogP contribution is 2.39. The van der Waals surface area contributed by atoms with E-state index in [1.165, 1.54) is 5.56 Å². The summed E-state index contributed by atoms with van der Waals surface area (Å²) < 4.78 is 0. The predicted octanol–water partition coefficient (Wildman–Crippen LogP) is 4.22. The fourth-order valence-corrected chi connectivity index (χ4v) is 3.00. The molecule has 1 nitrogen and oxygen atoms in total. The zero-order chi connectivity index (χ0) is 14.2. The average Bonchev–Trinajstić information content (AvgIpc) is 2.91. The van der Waals surface area contributed by atoms with E-state index < -0.39 is 0 Å². The standard InChI is InChI=1S/C20H14O/c21-20-16(12-14-6-2-1-3-7-14)10-11-18-17-9-5-4-8-15(17)13-19(18)20/h1-11,13H,12H2. The Hall–Kier alpha value is -2.67. The van der Waals surface area contributed by atoms with Crippen molar-refractivity contribution in [1.29, 1.82) is 0 Å². The van der Waals surface area contributed by atoms with Gasteiger partial charge in [-0.3, -0.25) is 4.79 Å². The monoisotopic (exact) mass is 270 g/mol. The van der Waals surface area contributed by atoms with Crippen LogP contribution in [-0.4, -0.2) is 5.78 Å². The second kappa shape index (κ2) is 4.71. The van der Waals surface area contributed by atoms with Crippen molar-refractivity contribution in [3.63, 3.8) is 0 Å². The van der Waals surface area contributed by atoms with Gasteiger partial charge in [-0.25, -0.2) is 0 Å². The van der Waals surface area contributed by atoms with Crippen molar-refractivity contribution in [3.05, 3.63) is 94.6 Å². The lowest BCUT2D eigenvalue weighted by Gasteiger charge is -2.14. The Morgan fingerprint density at radius 2 is 1.52 bits per heavy atom. The van der Waals surface area contributed by atoms with Crippen molar-refractivity contribution in [2.24, 2.45) is 0 Å². The summed E-state index contributed by atoms with van der Waals surface area (Å²) in [5, 5.41) is 0. The molecular formula is C20H14O. The fourth-order valence-electron chi connectivity index (χ4n) is 3.00. The van der Waals surface area contributed by atoms with Gasteiger partial charge in [-0.05, 0) is 28.3 Å². The lowest BCUT2D eigenvalue weighted by Crippen LogP contribution is -2.11. The number of allylic oxidation sites excluding steroid dienone is 5. The molecule has 0 amide bonds. The van der Waals surface area contributed by atoms with Gasteiger partial charge in [0.15, 0.2) is 5.78 Å². The van der Waals surface area contributed by atoms with Gasteiger partial charge in [-0.15, -0.1) is 0 Å². The van der Waals surface area contributed by atoms with Crippen molar-refractivity contribution in [2.75, 3.05) is 0 Å². The summed E-state index contributed by atoms with van der Waals surface area (Å²) in [6, 6.07) is 18.3. The van der Waals surface area contributed by atoms with Gasteiger partial charge < -0.3 is 0 Å². The van der Waals surface area contributed by atoms with Gasteiger partial charge in [0.1, 0.15) is 0 Å². The number of benzene rings is 2. The molecule has 0 saturated carbocycles. The summed E-state index contributed by atoms with van der Waals surface area (Å²) >= 11 is 0. The van der Waals surface area contributed by atoms with Gasteiger partial charge in [-0.1, -0.05) is 66.7 Å². The third-order valence-corrected chi connectivity index (χ3v) is 4.07. The van der Waals surface area contributed by atoms with Crippen molar-refractivity contribution in [3.8, 4) is 0 Å². The molecule has 0 fully saturated rings. The van der Waals surface area contributed by atoms with E-state index in [1.54, 1.807) is 0 Å². The Morgan fingerprint density at radius 1 is 0.762 bits per heavy atom. The van der Waals surface area contributed by atoms with Gasteiger partial charge in [0, 0.05) is 17.6 Å². The van der Waals surface area contributed by atoms with E-state index in [-0.39, 0.29) is 5.78 Å². The van der Waals surface area contributed by atoms with Gasteiger partial charge in [0.2, 0.25) is 0 Å². The van der Waals surface area contributed by atoms with Gasteiger partial charge in [-0.2, -0.15) is 0 Å². The first kappa shape index (κ1) is 12.1. The molecule has 1 heteroatoms. The van der Waals surface area contributed by atoms with Gasteiger partial charge in [0.25, 0.3) is 0 Å². The number of rotatable bonds is 2. The first-order chi connectivity index (χ1) is 10.3. The van der Waals surface area contributed by atoms with E-state index in [1.807, 2.05) is 42.5 Å². The van der Waals surface area contributed by atoms with Crippen LogP contribution in [0.1, 0.15) is 16.7 Å². The third kappa shape index (κ3) is 1.98. The lowest BCUT2D eigenvalue weighted by molar-refractivity contribution is -0.111. The molecule has 0 saturated heterocycles. The van der Waals surface area contributed by atoms with Crippen LogP contribution >= 0.6 is 0 Å². The summed E-state index contributed by atoms with van der Waals surface area (Å²) in [6.45, 7) is 0. The molecule has 0 radical (unpaired) electrons. The molecule has 100 valence electrons. The molecular weight excluding hydrogens is 256 g/mol. The van der Waals surface area contributed by atoms with Crippen LogP contribution in [0.2, 0.25) is 0 Å². The maximum absolute atomic E-state index is 12.7. The van der Waals surface area contributed by atoms with Crippen molar-refractivity contribution in [2.45, 2.75) is 6.42 Å². The van der Waals surface area contributed by atoms with Crippen LogP contribution in [0.3, 0.4) is 0 Å². The van der Waals surface area contributed by atoms with Crippen LogP contribution in [0.4, 0.5) is 0 Å². The molecule has 4 rings (SSSR count). The SMILES string of the molecule is O=C1C(Cc2ccccc2)=CC=C2C1=Cc1ccccc12. The quantitative estimate of drug-likeness (QED) is 0.798. The average molecular weight is 270 g/mol. The summed E-state index contributed by atoms with van der Waals surface area (Å²) in [5.74, 6) is 0.160. The van der Waals surface area contributed by atoms with Crippen molar-refractivity contribution < 1.29 is 4.79 Å². The van der Waals surface area contributed by atoms with E-state index in [2.05, 4.69) is 30.3 Å². The van der Waals surface area contributed by atoms with Gasteiger partial charge in [0.05, 0.1) is 0 Å². The Bertz CT molecular complexity index is 820. The largest absolute Gasteiger partial charge is 0.289 e. The minimum Gasteiger partial charge on any atom is -0.289 e. The zero-order valence-corrected chi connectivity index (χ0v) is 11.5. The molecule has 2 aromatic rings. The minimum absolute atomic E-state index is 0.160. The highest BCUT2D eigenvalue weighted by Gasteiger charge is 2.27. The number of fused-ring (bicyclic) bond motifs is 3. The lowest BCUT2D eigenvalue weighted by atomic mass is 9.88. The molecule has 0 bridgehead atoms. The van der Waals surface area contributed by atoms with E-state index in [0.29, 0.717) is 6.42 Å². The zero-order valence-electron chi connectivity index (χ0n) is 11.5. The van der Waals surface area contributed by atoms with Crippen LogP contribution in [0.5, 0.6) is 0 Å².